The molecule has 0 aliphatic carbocycles. The predicted molar refractivity (Wildman–Crippen MR) is 97.2 cm³/mol. The van der Waals surface area contributed by atoms with Crippen molar-refractivity contribution >= 4 is 17.7 Å². The number of aliphatic hydroxyl groups excluding tert-OH is 1. The first-order valence-electron chi connectivity index (χ1n) is 8.78. The Balaban J connectivity index is 1.80. The maximum atomic E-state index is 13.1. The molecule has 0 radical (unpaired) electrons. The third-order valence-corrected chi connectivity index (χ3v) is 6.19. The van der Waals surface area contributed by atoms with Crippen molar-refractivity contribution in [3.05, 3.63) is 35.9 Å². The average molecular weight is 349 g/mol. The van der Waals surface area contributed by atoms with Crippen LogP contribution in [0, 0.1) is 5.92 Å². The molecule has 1 N–H and O–H groups in total. The lowest BCUT2D eigenvalue weighted by Crippen LogP contribution is -2.54. The zero-order chi connectivity index (χ0) is 17.0. The summed E-state index contributed by atoms with van der Waals surface area (Å²) in [6.07, 6.45) is 4.81. The Morgan fingerprint density at radius 3 is 2.58 bits per heavy atom. The van der Waals surface area contributed by atoms with Crippen molar-refractivity contribution in [1.29, 1.82) is 0 Å². The van der Waals surface area contributed by atoms with E-state index in [1.807, 2.05) is 36.6 Å². The maximum Gasteiger partial charge on any atom is 0.319 e. The summed E-state index contributed by atoms with van der Waals surface area (Å²) >= 11 is 1.69. The van der Waals surface area contributed by atoms with Gasteiger partial charge in [-0.2, -0.15) is 11.8 Å². The van der Waals surface area contributed by atoms with E-state index in [-0.39, 0.29) is 18.7 Å². The molecule has 3 heterocycles. The number of nitrogens with zero attached hydrogens (tertiary/aromatic N) is 1. The number of ether oxygens (including phenoxy) is 1. The van der Waals surface area contributed by atoms with Crippen molar-refractivity contribution in [2.75, 3.05) is 38.2 Å². The predicted octanol–water partition coefficient (Wildman–Crippen LogP) is 2.31. The number of benzene rings is 1. The lowest BCUT2D eigenvalue weighted by atomic mass is 9.78. The van der Waals surface area contributed by atoms with Crippen LogP contribution < -0.4 is 0 Å². The van der Waals surface area contributed by atoms with Crippen LogP contribution in [0.5, 0.6) is 0 Å². The van der Waals surface area contributed by atoms with E-state index in [0.29, 0.717) is 12.3 Å². The minimum Gasteiger partial charge on any atom is -0.460 e. The normalized spacial score (nSPS) is 28.3. The molecular weight excluding hydrogens is 322 g/mol. The van der Waals surface area contributed by atoms with Gasteiger partial charge in [-0.25, -0.2) is 0 Å². The second kappa shape index (κ2) is 7.89. The highest BCUT2D eigenvalue weighted by Crippen LogP contribution is 2.35. The minimum atomic E-state index is -0.948. The monoisotopic (exact) mass is 349 g/mol. The highest BCUT2D eigenvalue weighted by molar-refractivity contribution is 7.98. The molecule has 24 heavy (non-hydrogen) atoms. The van der Waals surface area contributed by atoms with E-state index in [2.05, 4.69) is 4.90 Å². The van der Waals surface area contributed by atoms with E-state index in [4.69, 9.17) is 4.74 Å². The lowest BCUT2D eigenvalue weighted by Gasteiger charge is -2.45. The summed E-state index contributed by atoms with van der Waals surface area (Å²) in [6.45, 7) is 2.87. The Bertz CT molecular complexity index is 545. The largest absolute Gasteiger partial charge is 0.460 e. The van der Waals surface area contributed by atoms with E-state index in [9.17, 15) is 9.90 Å². The quantitative estimate of drug-likeness (QED) is 0.766. The fraction of sp³-hybridized carbons (Fsp3) is 0.632. The molecule has 5 heteroatoms. The number of thioether (sulfide) groups is 1. The van der Waals surface area contributed by atoms with Crippen LogP contribution in [0.4, 0.5) is 0 Å². The second-order valence-corrected chi connectivity index (χ2v) is 7.92. The molecule has 4 rings (SSSR count). The molecule has 2 bridgehead atoms. The summed E-state index contributed by atoms with van der Waals surface area (Å²) in [6, 6.07) is 9.61. The van der Waals surface area contributed by atoms with Gasteiger partial charge in [-0.3, -0.25) is 9.69 Å². The summed E-state index contributed by atoms with van der Waals surface area (Å²) in [5, 5.41) is 10.2. The third-order valence-electron chi connectivity index (χ3n) is 5.57. The third kappa shape index (κ3) is 3.48. The molecule has 1 aromatic rings. The van der Waals surface area contributed by atoms with E-state index in [0.717, 1.165) is 43.8 Å². The molecule has 3 aliphatic rings. The topological polar surface area (TPSA) is 49.8 Å². The summed E-state index contributed by atoms with van der Waals surface area (Å²) in [5.74, 6) is 1.03. The van der Waals surface area contributed by atoms with Crippen molar-refractivity contribution in [1.82, 2.24) is 4.90 Å². The van der Waals surface area contributed by atoms with Crippen molar-refractivity contribution in [3.8, 4) is 0 Å². The van der Waals surface area contributed by atoms with Crippen LogP contribution >= 0.6 is 11.8 Å². The SMILES string of the molecule is CSCCC(CO)(C(=O)OC1CN2CCC1CC2)c1ccccc1. The molecule has 0 spiro atoms. The number of carbonyl (C=O) groups excluding carboxylic acids is 1. The standard InChI is InChI=1S/C19H27NO3S/c1-24-12-9-19(14-21,16-5-3-2-4-6-16)18(22)23-17-13-20-10-7-15(17)8-11-20/h2-6,15,17,21H,7-14H2,1H3. The second-order valence-electron chi connectivity index (χ2n) is 6.93. The molecule has 3 aliphatic heterocycles. The van der Waals surface area contributed by atoms with Crippen LogP contribution in [-0.2, 0) is 14.9 Å². The molecule has 0 saturated carbocycles. The fourth-order valence-corrected chi connectivity index (χ4v) is 4.48. The molecule has 2 unspecified atom stereocenters. The summed E-state index contributed by atoms with van der Waals surface area (Å²) in [7, 11) is 0. The van der Waals surface area contributed by atoms with Crippen LogP contribution in [-0.4, -0.2) is 60.3 Å². The van der Waals surface area contributed by atoms with Gasteiger partial charge in [0.2, 0.25) is 0 Å². The first-order valence-corrected chi connectivity index (χ1v) is 10.2. The van der Waals surface area contributed by atoms with Gasteiger partial charge < -0.3 is 9.84 Å². The molecule has 132 valence electrons. The van der Waals surface area contributed by atoms with Gasteiger partial charge in [0.05, 0.1) is 6.61 Å². The Labute approximate surface area is 148 Å². The van der Waals surface area contributed by atoms with Gasteiger partial charge in [-0.05, 0) is 55.8 Å². The van der Waals surface area contributed by atoms with Crippen molar-refractivity contribution < 1.29 is 14.6 Å². The van der Waals surface area contributed by atoms with Gasteiger partial charge >= 0.3 is 5.97 Å². The Kier molecular flexibility index (Phi) is 5.85. The molecule has 0 aromatic heterocycles. The first kappa shape index (κ1) is 17.8. The zero-order valence-electron chi connectivity index (χ0n) is 14.3. The molecule has 3 fully saturated rings. The Morgan fingerprint density at radius 2 is 2.04 bits per heavy atom. The molecular formula is C19H27NO3S. The summed E-state index contributed by atoms with van der Waals surface area (Å²) in [5.41, 5.74) is -0.0937. The van der Waals surface area contributed by atoms with Crippen molar-refractivity contribution in [2.45, 2.75) is 30.8 Å². The highest BCUT2D eigenvalue weighted by atomic mass is 32.2. The minimum absolute atomic E-state index is 0.0242. The molecule has 3 saturated heterocycles. The number of piperidine rings is 3. The Morgan fingerprint density at radius 1 is 1.33 bits per heavy atom. The summed E-state index contributed by atoms with van der Waals surface area (Å²) < 4.78 is 5.98. The van der Waals surface area contributed by atoms with E-state index in [1.165, 1.54) is 0 Å². The number of aliphatic hydroxyl groups is 1. The lowest BCUT2D eigenvalue weighted by molar-refractivity contribution is -0.167. The number of carbonyl (C=O) groups is 1. The van der Waals surface area contributed by atoms with Crippen molar-refractivity contribution in [2.24, 2.45) is 5.92 Å². The van der Waals surface area contributed by atoms with Crippen LogP contribution in [0.15, 0.2) is 30.3 Å². The average Bonchev–Trinajstić information content (AvgIpc) is 2.64. The van der Waals surface area contributed by atoms with Crippen molar-refractivity contribution in [3.63, 3.8) is 0 Å². The van der Waals surface area contributed by atoms with Gasteiger partial charge in [0.25, 0.3) is 0 Å². The maximum absolute atomic E-state index is 13.1. The van der Waals surface area contributed by atoms with E-state index in [1.54, 1.807) is 11.8 Å². The van der Waals surface area contributed by atoms with Gasteiger partial charge in [-0.15, -0.1) is 0 Å². The van der Waals surface area contributed by atoms with E-state index < -0.39 is 5.41 Å². The molecule has 2 atom stereocenters. The number of hydrogen-bond acceptors (Lipinski definition) is 5. The highest BCUT2D eigenvalue weighted by Gasteiger charge is 2.44. The number of hydrogen-bond donors (Lipinski definition) is 1. The number of fused-ring (bicyclic) bond motifs is 3. The number of rotatable bonds is 7. The first-order chi connectivity index (χ1) is 11.7. The van der Waals surface area contributed by atoms with Gasteiger partial charge in [0.1, 0.15) is 11.5 Å². The fourth-order valence-electron chi connectivity index (χ4n) is 3.93. The van der Waals surface area contributed by atoms with Crippen LogP contribution in [0.1, 0.15) is 24.8 Å². The van der Waals surface area contributed by atoms with Crippen LogP contribution in [0.25, 0.3) is 0 Å². The summed E-state index contributed by atoms with van der Waals surface area (Å²) in [4.78, 5) is 15.5. The molecule has 1 aromatic carbocycles. The zero-order valence-corrected chi connectivity index (χ0v) is 15.1. The number of esters is 1. The Hall–Kier alpha value is -1.04. The van der Waals surface area contributed by atoms with Crippen LogP contribution in [0.3, 0.4) is 0 Å². The van der Waals surface area contributed by atoms with Gasteiger partial charge in [0.15, 0.2) is 0 Å². The van der Waals surface area contributed by atoms with E-state index >= 15 is 0 Å². The molecule has 0 amide bonds. The smallest absolute Gasteiger partial charge is 0.319 e. The van der Waals surface area contributed by atoms with Crippen LogP contribution in [0.2, 0.25) is 0 Å². The van der Waals surface area contributed by atoms with Gasteiger partial charge in [-0.1, -0.05) is 30.3 Å². The van der Waals surface area contributed by atoms with Gasteiger partial charge in [0, 0.05) is 6.54 Å². The molecule has 4 nitrogen and oxygen atoms in total.